The molecular weight excluding hydrogens is 394 g/mol. The fourth-order valence-electron chi connectivity index (χ4n) is 3.99. The van der Waals surface area contributed by atoms with Crippen LogP contribution < -0.4 is 24.8 Å². The number of hydrogen-bond acceptors (Lipinski definition) is 0. The Morgan fingerprint density at radius 3 is 2.14 bits per heavy atom. The van der Waals surface area contributed by atoms with E-state index in [9.17, 15) is 0 Å². The number of hydrogen-bond donors (Lipinski definition) is 0. The molecule has 2 atom stereocenters. The maximum absolute atomic E-state index is 3.77. The van der Waals surface area contributed by atoms with Crippen molar-refractivity contribution in [2.45, 2.75) is 52.5 Å². The summed E-state index contributed by atoms with van der Waals surface area (Å²) in [5.41, 5.74) is 11.9. The largest absolute Gasteiger partial charge is 3.00 e. The maximum Gasteiger partial charge on any atom is 3.00 e. The van der Waals surface area contributed by atoms with Gasteiger partial charge in [-0.15, -0.1) is 11.1 Å². The minimum atomic E-state index is 0. The van der Waals surface area contributed by atoms with Gasteiger partial charge in [-0.1, -0.05) is 37.3 Å². The Kier molecular flexibility index (Phi) is 8.20. The molecule has 0 heterocycles. The van der Waals surface area contributed by atoms with Gasteiger partial charge in [-0.2, -0.15) is 5.57 Å². The zero-order chi connectivity index (χ0) is 13.0. The summed E-state index contributed by atoms with van der Waals surface area (Å²) in [6.45, 7) is 9.32. The summed E-state index contributed by atoms with van der Waals surface area (Å²) in [5, 5.41) is 0. The normalized spacial score (nSPS) is 27.3. The summed E-state index contributed by atoms with van der Waals surface area (Å²) in [6.07, 6.45) is 7.70. The standard InChI is InChI=1S/C17H23Si.2ClH.Zr/c1-9-10(2)12(4)16(11(9)3)17-14-7-5-6-13(14)8-15(17)18;;;/h11,15H,5-7H2,1-4,18H3;2*1H;/q-1;;;+3/p-2. The number of allylic oxidation sites excluding steroid dienone is 8. The van der Waals surface area contributed by atoms with Crippen molar-refractivity contribution in [1.82, 2.24) is 0 Å². The molecule has 1 fully saturated rings. The van der Waals surface area contributed by atoms with Gasteiger partial charge in [0.05, 0.1) is 0 Å². The summed E-state index contributed by atoms with van der Waals surface area (Å²) in [5.74, 6) is 0.630. The molecule has 0 bridgehead atoms. The molecule has 0 aromatic carbocycles. The van der Waals surface area contributed by atoms with Crippen LogP contribution in [0.5, 0.6) is 0 Å². The van der Waals surface area contributed by atoms with Crippen molar-refractivity contribution in [3.05, 3.63) is 45.1 Å². The second kappa shape index (κ2) is 7.95. The maximum atomic E-state index is 3.77. The first-order chi connectivity index (χ1) is 8.52. The fourth-order valence-corrected chi connectivity index (χ4v) is 5.00. The van der Waals surface area contributed by atoms with E-state index in [4.69, 9.17) is 0 Å². The van der Waals surface area contributed by atoms with Gasteiger partial charge in [0, 0.05) is 5.92 Å². The molecule has 0 aliphatic heterocycles. The van der Waals surface area contributed by atoms with E-state index in [1.807, 2.05) is 0 Å². The van der Waals surface area contributed by atoms with Crippen LogP contribution in [0.25, 0.3) is 0 Å². The molecule has 4 heteroatoms. The quantitative estimate of drug-likeness (QED) is 0.332. The average molecular weight is 418 g/mol. The zero-order valence-corrected chi connectivity index (χ0v) is 19.5. The van der Waals surface area contributed by atoms with Gasteiger partial charge in [-0.25, -0.2) is 5.57 Å². The molecule has 1 radical (unpaired) electrons. The summed E-state index contributed by atoms with van der Waals surface area (Å²) in [6, 6.07) is 0. The van der Waals surface area contributed by atoms with E-state index in [0.29, 0.717) is 11.5 Å². The van der Waals surface area contributed by atoms with Crippen molar-refractivity contribution in [2.24, 2.45) is 5.92 Å². The van der Waals surface area contributed by atoms with Gasteiger partial charge in [-0.3, -0.25) is 6.08 Å². The van der Waals surface area contributed by atoms with E-state index in [1.165, 1.54) is 35.1 Å². The van der Waals surface area contributed by atoms with Crippen molar-refractivity contribution >= 4 is 10.2 Å². The second-order valence-corrected chi connectivity index (χ2v) is 7.31. The van der Waals surface area contributed by atoms with E-state index in [2.05, 4.69) is 33.8 Å². The molecule has 0 nitrogen and oxygen atoms in total. The van der Waals surface area contributed by atoms with Crippen LogP contribution in [-0.2, 0) is 26.2 Å². The Morgan fingerprint density at radius 2 is 1.62 bits per heavy atom. The Hall–Kier alpha value is 0.640. The van der Waals surface area contributed by atoms with Crippen LogP contribution in [0, 0.1) is 12.0 Å². The summed E-state index contributed by atoms with van der Waals surface area (Å²) >= 11 is 0. The predicted octanol–water partition coefficient (Wildman–Crippen LogP) is -2.33. The predicted molar refractivity (Wildman–Crippen MR) is 81.6 cm³/mol. The molecule has 3 aliphatic rings. The van der Waals surface area contributed by atoms with Crippen LogP contribution in [0.2, 0.25) is 5.54 Å². The molecule has 3 aliphatic carbocycles. The molecule has 21 heavy (non-hydrogen) atoms. The second-order valence-electron chi connectivity index (χ2n) is 6.16. The van der Waals surface area contributed by atoms with Crippen molar-refractivity contribution in [3.63, 3.8) is 0 Å². The van der Waals surface area contributed by atoms with Crippen LogP contribution in [0.15, 0.2) is 39.0 Å². The molecule has 0 saturated heterocycles. The molecule has 0 spiro atoms. The van der Waals surface area contributed by atoms with Crippen molar-refractivity contribution in [3.8, 4) is 0 Å². The van der Waals surface area contributed by atoms with Gasteiger partial charge in [0.25, 0.3) is 0 Å². The molecule has 113 valence electrons. The monoisotopic (exact) mass is 415 g/mol. The minimum Gasteiger partial charge on any atom is -1.00 e. The molecule has 0 aromatic rings. The van der Waals surface area contributed by atoms with E-state index in [-0.39, 0.29) is 51.0 Å². The van der Waals surface area contributed by atoms with Crippen molar-refractivity contribution < 1.29 is 51.0 Å². The third-order valence-corrected chi connectivity index (χ3v) is 6.16. The average Bonchev–Trinajstić information content (AvgIpc) is 2.93. The fraction of sp³-hybridized carbons (Fsp3) is 0.529. The summed E-state index contributed by atoms with van der Waals surface area (Å²) in [7, 11) is 1.21. The van der Waals surface area contributed by atoms with E-state index in [1.54, 1.807) is 33.4 Å². The Balaban J connectivity index is 0.00000133. The summed E-state index contributed by atoms with van der Waals surface area (Å²) in [4.78, 5) is 0. The SMILES string of the molecule is CC1=C(C)C(C)C(C2=C3CCCC3=[C-]C2[SiH3])=C1C.[Cl-].[Cl-].[Zr+3]. The van der Waals surface area contributed by atoms with E-state index in [0.717, 1.165) is 0 Å². The Bertz CT molecular complexity index is 555. The molecule has 0 N–H and O–H groups in total. The van der Waals surface area contributed by atoms with Crippen molar-refractivity contribution in [2.75, 3.05) is 0 Å². The molecule has 3 rings (SSSR count). The Labute approximate surface area is 164 Å². The summed E-state index contributed by atoms with van der Waals surface area (Å²) < 4.78 is 0. The molecular formula is C17H23Cl2SiZr. The third-order valence-electron chi connectivity index (χ3n) is 5.30. The number of fused-ring (bicyclic) bond motifs is 1. The van der Waals surface area contributed by atoms with Gasteiger partial charge in [-0.05, 0) is 42.2 Å². The topological polar surface area (TPSA) is 0 Å². The first kappa shape index (κ1) is 21.6. The molecule has 1 saturated carbocycles. The first-order valence-corrected chi connectivity index (χ1v) is 8.42. The van der Waals surface area contributed by atoms with Gasteiger partial charge in [0.15, 0.2) is 0 Å². The minimum absolute atomic E-state index is 0. The van der Waals surface area contributed by atoms with E-state index >= 15 is 0 Å². The molecule has 0 aromatic heterocycles. The smallest absolute Gasteiger partial charge is 1.00 e. The van der Waals surface area contributed by atoms with Crippen LogP contribution in [0.3, 0.4) is 0 Å². The first-order valence-electron chi connectivity index (χ1n) is 7.27. The van der Waals surface area contributed by atoms with Crippen LogP contribution in [-0.4, -0.2) is 10.2 Å². The Morgan fingerprint density at radius 1 is 1.00 bits per heavy atom. The van der Waals surface area contributed by atoms with Crippen LogP contribution >= 0.6 is 0 Å². The van der Waals surface area contributed by atoms with Crippen LogP contribution in [0.4, 0.5) is 0 Å². The van der Waals surface area contributed by atoms with E-state index < -0.39 is 0 Å². The number of rotatable bonds is 1. The van der Waals surface area contributed by atoms with Gasteiger partial charge in [0.1, 0.15) is 0 Å². The zero-order valence-electron chi connectivity index (χ0n) is 13.5. The van der Waals surface area contributed by atoms with Crippen LogP contribution in [0.1, 0.15) is 47.0 Å². The van der Waals surface area contributed by atoms with Gasteiger partial charge >= 0.3 is 26.2 Å². The van der Waals surface area contributed by atoms with Crippen molar-refractivity contribution in [1.29, 1.82) is 0 Å². The molecule has 2 unspecified atom stereocenters. The van der Waals surface area contributed by atoms with Gasteiger partial charge in [0.2, 0.25) is 0 Å². The van der Waals surface area contributed by atoms with Gasteiger partial charge < -0.3 is 24.8 Å². The third kappa shape index (κ3) is 3.30. The number of halogens is 2. The molecule has 0 amide bonds.